The lowest BCUT2D eigenvalue weighted by molar-refractivity contribution is -0.459. The van der Waals surface area contributed by atoms with Gasteiger partial charge >= 0.3 is 15.0 Å². The first-order valence-electron chi connectivity index (χ1n) is 4.86. The Morgan fingerprint density at radius 2 is 1.59 bits per heavy atom. The molecule has 7 heteroatoms. The van der Waals surface area contributed by atoms with E-state index in [-0.39, 0.29) is 6.61 Å². The van der Waals surface area contributed by atoms with Gasteiger partial charge in [-0.15, -0.1) is 6.58 Å². The van der Waals surface area contributed by atoms with Gasteiger partial charge in [0.15, 0.2) is 0 Å². The van der Waals surface area contributed by atoms with Crippen molar-refractivity contribution in [2.24, 2.45) is 0 Å². The second kappa shape index (κ2) is 7.72. The molecular weight excluding hydrogens is 244 g/mol. The molecule has 17 heavy (non-hydrogen) atoms. The molecule has 1 unspecified atom stereocenters. The molecule has 0 heterocycles. The molecule has 0 N–H and O–H groups in total. The van der Waals surface area contributed by atoms with E-state index in [9.17, 15) is 0 Å². The fourth-order valence-electron chi connectivity index (χ4n) is 1.04. The molecule has 0 amide bonds. The van der Waals surface area contributed by atoms with Crippen molar-refractivity contribution in [2.45, 2.75) is 6.16 Å². The summed E-state index contributed by atoms with van der Waals surface area (Å²) in [5.41, 5.74) is 1.45. The van der Waals surface area contributed by atoms with Gasteiger partial charge in [0, 0.05) is 28.4 Å². The lowest BCUT2D eigenvalue weighted by Crippen LogP contribution is -2.54. The van der Waals surface area contributed by atoms with Gasteiger partial charge in [0.2, 0.25) is 0 Å². The van der Waals surface area contributed by atoms with E-state index < -0.39 is 15.0 Å². The molecule has 0 rings (SSSR count). The Hall–Kier alpha value is -0.543. The van der Waals surface area contributed by atoms with Crippen molar-refractivity contribution in [3.05, 3.63) is 24.9 Å². The SMILES string of the molecule is C=CCO[Si](C=C)(OC)OC(OC)(OC)OC. The summed E-state index contributed by atoms with van der Waals surface area (Å²) in [5.74, 6) is 0. The molecule has 0 aromatic heterocycles. The third kappa shape index (κ3) is 4.32. The molecule has 0 saturated carbocycles. The summed E-state index contributed by atoms with van der Waals surface area (Å²) in [6.07, 6.45) is -0.112. The lowest BCUT2D eigenvalue weighted by atomic mass is 10.7. The monoisotopic (exact) mass is 264 g/mol. The number of methoxy groups -OCH3 is 3. The van der Waals surface area contributed by atoms with E-state index in [1.54, 1.807) is 6.08 Å². The van der Waals surface area contributed by atoms with E-state index in [4.69, 9.17) is 27.5 Å². The Labute approximate surface area is 103 Å². The van der Waals surface area contributed by atoms with Crippen molar-refractivity contribution in [1.82, 2.24) is 0 Å². The maximum Gasteiger partial charge on any atom is 0.534 e. The van der Waals surface area contributed by atoms with Gasteiger partial charge in [-0.2, -0.15) is 0 Å². The lowest BCUT2D eigenvalue weighted by Gasteiger charge is -2.34. The maximum atomic E-state index is 5.54. The molecule has 0 saturated heterocycles. The molecule has 6 nitrogen and oxygen atoms in total. The van der Waals surface area contributed by atoms with Gasteiger partial charge in [-0.25, -0.2) is 0 Å². The van der Waals surface area contributed by atoms with E-state index in [2.05, 4.69) is 13.2 Å². The first kappa shape index (κ1) is 16.5. The molecular formula is C10H20O6Si. The van der Waals surface area contributed by atoms with E-state index >= 15 is 0 Å². The van der Waals surface area contributed by atoms with Crippen molar-refractivity contribution in [2.75, 3.05) is 35.0 Å². The highest BCUT2D eigenvalue weighted by molar-refractivity contribution is 6.66. The minimum Gasteiger partial charge on any atom is -0.374 e. The molecule has 0 bridgehead atoms. The van der Waals surface area contributed by atoms with Gasteiger partial charge in [0.05, 0.1) is 6.61 Å². The standard InChI is InChI=1S/C10H20O6Si/c1-7-9-15-17(8-2,14-6)16-10(11-3,12-4)13-5/h7-8H,1-2,9H2,3-6H3. The fraction of sp³-hybridized carbons (Fsp3) is 0.600. The number of rotatable bonds is 10. The fourth-order valence-corrected chi connectivity index (χ4v) is 2.61. The number of hydrogen-bond donors (Lipinski definition) is 0. The van der Waals surface area contributed by atoms with Crippen molar-refractivity contribution in [3.63, 3.8) is 0 Å². The van der Waals surface area contributed by atoms with Crippen LogP contribution >= 0.6 is 0 Å². The molecule has 0 aliphatic rings. The topological polar surface area (TPSA) is 55.4 Å². The largest absolute Gasteiger partial charge is 0.534 e. The van der Waals surface area contributed by atoms with Crippen LogP contribution in [0.15, 0.2) is 24.9 Å². The van der Waals surface area contributed by atoms with Crippen LogP contribution in [0.25, 0.3) is 0 Å². The average Bonchev–Trinajstić information content (AvgIpc) is 2.41. The van der Waals surface area contributed by atoms with Gasteiger partial charge < -0.3 is 23.1 Å². The summed E-state index contributed by atoms with van der Waals surface area (Å²) in [6.45, 7) is 7.43. The smallest absolute Gasteiger partial charge is 0.374 e. The molecule has 0 aliphatic heterocycles. The zero-order valence-electron chi connectivity index (χ0n) is 10.7. The van der Waals surface area contributed by atoms with Crippen LogP contribution in [0.4, 0.5) is 0 Å². The Bertz CT molecular complexity index is 235. The van der Waals surface area contributed by atoms with Crippen LogP contribution in [0.5, 0.6) is 0 Å². The molecule has 0 fully saturated rings. The summed E-state index contributed by atoms with van der Waals surface area (Å²) in [4.78, 5) is 0. The Morgan fingerprint density at radius 3 is 1.88 bits per heavy atom. The van der Waals surface area contributed by atoms with E-state index in [0.717, 1.165) is 0 Å². The summed E-state index contributed by atoms with van der Waals surface area (Å²) < 4.78 is 31.3. The first-order valence-corrected chi connectivity index (χ1v) is 6.67. The normalized spacial score (nSPS) is 15.3. The van der Waals surface area contributed by atoms with Crippen LogP contribution in [0.3, 0.4) is 0 Å². The third-order valence-electron chi connectivity index (χ3n) is 1.95. The molecule has 0 aromatic carbocycles. The highest BCUT2D eigenvalue weighted by Crippen LogP contribution is 2.23. The highest BCUT2D eigenvalue weighted by atomic mass is 28.4. The van der Waals surface area contributed by atoms with Crippen LogP contribution in [-0.2, 0) is 27.5 Å². The van der Waals surface area contributed by atoms with E-state index in [0.29, 0.717) is 0 Å². The summed E-state index contributed by atoms with van der Waals surface area (Å²) >= 11 is 0. The zero-order valence-corrected chi connectivity index (χ0v) is 11.7. The summed E-state index contributed by atoms with van der Waals surface area (Å²) in [6, 6.07) is 0. The van der Waals surface area contributed by atoms with Crippen LogP contribution in [0.1, 0.15) is 0 Å². The molecule has 0 radical (unpaired) electrons. The van der Waals surface area contributed by atoms with Gasteiger partial charge in [0.1, 0.15) is 0 Å². The van der Waals surface area contributed by atoms with Crippen molar-refractivity contribution in [1.29, 1.82) is 0 Å². The van der Waals surface area contributed by atoms with Gasteiger partial charge in [0.25, 0.3) is 0 Å². The highest BCUT2D eigenvalue weighted by Gasteiger charge is 2.48. The Kier molecular flexibility index (Phi) is 7.47. The quantitative estimate of drug-likeness (QED) is 0.334. The third-order valence-corrected chi connectivity index (χ3v) is 4.13. The van der Waals surface area contributed by atoms with Crippen LogP contribution in [0, 0.1) is 0 Å². The van der Waals surface area contributed by atoms with Gasteiger partial charge in [-0.05, 0) is 5.70 Å². The van der Waals surface area contributed by atoms with Gasteiger partial charge in [-0.3, -0.25) is 4.43 Å². The minimum absolute atomic E-state index is 0.249. The predicted octanol–water partition coefficient (Wildman–Crippen LogP) is 1.07. The second-order valence-electron chi connectivity index (χ2n) is 2.83. The second-order valence-corrected chi connectivity index (χ2v) is 5.34. The Balaban J connectivity index is 4.93. The molecule has 1 atom stereocenters. The van der Waals surface area contributed by atoms with Crippen molar-refractivity contribution in [3.8, 4) is 0 Å². The van der Waals surface area contributed by atoms with Gasteiger partial charge in [-0.1, -0.05) is 12.7 Å². The summed E-state index contributed by atoms with van der Waals surface area (Å²) in [5, 5.41) is 0. The van der Waals surface area contributed by atoms with E-state index in [1.165, 1.54) is 34.1 Å². The molecule has 0 aromatic rings. The van der Waals surface area contributed by atoms with Crippen molar-refractivity contribution >= 4 is 8.80 Å². The molecule has 100 valence electrons. The summed E-state index contributed by atoms with van der Waals surface area (Å²) in [7, 11) is 2.42. The minimum atomic E-state index is -3.15. The average molecular weight is 264 g/mol. The number of ether oxygens (including phenoxy) is 3. The van der Waals surface area contributed by atoms with Crippen molar-refractivity contribution < 1.29 is 27.5 Å². The first-order chi connectivity index (χ1) is 8.07. The van der Waals surface area contributed by atoms with Crippen LogP contribution < -0.4 is 0 Å². The molecule has 0 spiro atoms. The van der Waals surface area contributed by atoms with Crippen LogP contribution in [0.2, 0.25) is 0 Å². The zero-order chi connectivity index (χ0) is 13.4. The predicted molar refractivity (Wildman–Crippen MR) is 64.0 cm³/mol. The Morgan fingerprint density at radius 1 is 1.06 bits per heavy atom. The molecule has 0 aliphatic carbocycles. The number of hydrogen-bond acceptors (Lipinski definition) is 6. The van der Waals surface area contributed by atoms with Crippen LogP contribution in [-0.4, -0.2) is 50.0 Å². The van der Waals surface area contributed by atoms with E-state index in [1.807, 2.05) is 0 Å². The maximum absolute atomic E-state index is 5.54.